The van der Waals surface area contributed by atoms with Crippen molar-refractivity contribution in [2.75, 3.05) is 20.8 Å². The number of hydrogen-bond acceptors (Lipinski definition) is 6. The Morgan fingerprint density at radius 1 is 1.29 bits per heavy atom. The summed E-state index contributed by atoms with van der Waals surface area (Å²) >= 11 is 1.06. The molecular formula is C25H25F2N5OS. The monoisotopic (exact) mass is 481 g/mol. The van der Waals surface area contributed by atoms with Gasteiger partial charge in [-0.05, 0) is 49.6 Å². The van der Waals surface area contributed by atoms with E-state index in [1.807, 2.05) is 6.07 Å². The molecule has 0 bridgehead atoms. The van der Waals surface area contributed by atoms with Gasteiger partial charge >= 0.3 is 0 Å². The molecule has 3 atom stereocenters. The number of halogens is 2. The molecule has 2 N–H and O–H groups in total. The van der Waals surface area contributed by atoms with Crippen molar-refractivity contribution in [3.8, 4) is 17.9 Å². The third-order valence-corrected chi connectivity index (χ3v) is 7.42. The summed E-state index contributed by atoms with van der Waals surface area (Å²) in [6.07, 6.45) is 1.42. The van der Waals surface area contributed by atoms with E-state index in [9.17, 15) is 9.18 Å². The fraction of sp³-hybridized carbons (Fsp3) is 0.360. The molecule has 1 amide bonds. The van der Waals surface area contributed by atoms with Crippen molar-refractivity contribution in [1.29, 1.82) is 5.26 Å². The number of thioether (sulfide) groups is 1. The Morgan fingerprint density at radius 2 is 2.00 bits per heavy atom. The Hall–Kier alpha value is -3.43. The number of aromatic nitrogens is 1. The lowest BCUT2D eigenvalue weighted by Gasteiger charge is -2.47. The predicted molar refractivity (Wildman–Crippen MR) is 129 cm³/mol. The van der Waals surface area contributed by atoms with Crippen LogP contribution in [0.4, 0.5) is 8.78 Å². The lowest BCUT2D eigenvalue weighted by molar-refractivity contribution is -0.133. The van der Waals surface area contributed by atoms with Gasteiger partial charge in [-0.3, -0.25) is 4.79 Å². The summed E-state index contributed by atoms with van der Waals surface area (Å²) in [4.78, 5) is 23.0. The molecule has 0 spiro atoms. The standard InChI is InChI=1S/C25H25F2N5OS/c1-15-10-18(12-28)13-30-21(15)9-7-17-6-8-20(27)19(11-17)25(14-26)16(2)24(3,22(33)32(4)5)34-23(29)31-25/h6,8,10-11,13,16H,14H2,1-5H3,(H2,29,31)/t16-,24+,25+/m1/s1. The van der Waals surface area contributed by atoms with Crippen molar-refractivity contribution in [2.45, 2.75) is 31.1 Å². The van der Waals surface area contributed by atoms with Gasteiger partial charge in [0.15, 0.2) is 5.17 Å². The first-order valence-electron chi connectivity index (χ1n) is 10.5. The smallest absolute Gasteiger partial charge is 0.238 e. The average molecular weight is 482 g/mol. The molecule has 3 rings (SSSR count). The summed E-state index contributed by atoms with van der Waals surface area (Å²) in [6.45, 7) is 4.10. The third-order valence-electron chi connectivity index (χ3n) is 6.17. The minimum absolute atomic E-state index is 0.0140. The van der Waals surface area contributed by atoms with Crippen LogP contribution in [-0.4, -0.2) is 46.5 Å². The molecule has 9 heteroatoms. The van der Waals surface area contributed by atoms with Gasteiger partial charge in [0.05, 0.1) is 5.56 Å². The zero-order valence-electron chi connectivity index (χ0n) is 19.6. The second kappa shape index (κ2) is 9.44. The number of aliphatic imine (C=N–C) groups is 1. The molecule has 176 valence electrons. The lowest BCUT2D eigenvalue weighted by Crippen LogP contribution is -2.57. The molecule has 0 unspecified atom stereocenters. The van der Waals surface area contributed by atoms with Crippen LogP contribution >= 0.6 is 11.8 Å². The van der Waals surface area contributed by atoms with Crippen LogP contribution in [0, 0.1) is 41.8 Å². The summed E-state index contributed by atoms with van der Waals surface area (Å²) in [6, 6.07) is 7.83. The molecule has 2 heterocycles. The Morgan fingerprint density at radius 3 is 2.59 bits per heavy atom. The van der Waals surface area contributed by atoms with E-state index in [-0.39, 0.29) is 16.6 Å². The van der Waals surface area contributed by atoms with Crippen molar-refractivity contribution in [1.82, 2.24) is 9.88 Å². The second-order valence-electron chi connectivity index (χ2n) is 8.58. The lowest BCUT2D eigenvalue weighted by atomic mass is 9.72. The summed E-state index contributed by atoms with van der Waals surface area (Å²) in [5.74, 6) is 4.20. The van der Waals surface area contributed by atoms with Crippen LogP contribution in [0.3, 0.4) is 0 Å². The van der Waals surface area contributed by atoms with Gasteiger partial charge in [-0.2, -0.15) is 5.26 Å². The van der Waals surface area contributed by atoms with E-state index in [0.717, 1.165) is 17.3 Å². The Balaban J connectivity index is 2.12. The minimum atomic E-state index is -1.69. The van der Waals surface area contributed by atoms with Crippen molar-refractivity contribution >= 4 is 22.8 Å². The predicted octanol–water partition coefficient (Wildman–Crippen LogP) is 3.51. The van der Waals surface area contributed by atoms with Gasteiger partial charge in [0.1, 0.15) is 34.5 Å². The van der Waals surface area contributed by atoms with E-state index in [2.05, 4.69) is 21.8 Å². The number of aryl methyl sites for hydroxylation is 1. The van der Waals surface area contributed by atoms with E-state index in [0.29, 0.717) is 16.8 Å². The summed E-state index contributed by atoms with van der Waals surface area (Å²) in [5, 5.41) is 9.01. The number of nitrogens with two attached hydrogens (primary N) is 1. The van der Waals surface area contributed by atoms with Crippen molar-refractivity contribution < 1.29 is 13.6 Å². The summed E-state index contributed by atoms with van der Waals surface area (Å²) in [7, 11) is 3.21. The molecule has 1 aromatic carbocycles. The van der Waals surface area contributed by atoms with Gasteiger partial charge in [0.25, 0.3) is 0 Å². The fourth-order valence-corrected chi connectivity index (χ4v) is 5.38. The number of nitriles is 1. The highest BCUT2D eigenvalue weighted by molar-refractivity contribution is 8.15. The van der Waals surface area contributed by atoms with Crippen LogP contribution < -0.4 is 5.73 Å². The maximum absolute atomic E-state index is 15.1. The van der Waals surface area contributed by atoms with Crippen LogP contribution in [0.2, 0.25) is 0 Å². The van der Waals surface area contributed by atoms with Gasteiger partial charge in [0.2, 0.25) is 5.91 Å². The highest BCUT2D eigenvalue weighted by atomic mass is 32.2. The normalized spacial score (nSPS) is 23.8. The number of benzene rings is 1. The first kappa shape index (κ1) is 25.2. The van der Waals surface area contributed by atoms with E-state index < -0.39 is 28.7 Å². The molecule has 0 fully saturated rings. The van der Waals surface area contributed by atoms with Crippen LogP contribution in [0.25, 0.3) is 0 Å². The molecule has 0 saturated carbocycles. The maximum atomic E-state index is 15.1. The van der Waals surface area contributed by atoms with E-state index >= 15 is 4.39 Å². The Labute approximate surface area is 202 Å². The van der Waals surface area contributed by atoms with Crippen LogP contribution in [0.1, 0.15) is 41.8 Å². The van der Waals surface area contributed by atoms with E-state index in [4.69, 9.17) is 11.0 Å². The largest absolute Gasteiger partial charge is 0.378 e. The number of alkyl halides is 1. The molecular weight excluding hydrogens is 456 g/mol. The molecule has 0 aliphatic carbocycles. The topological polar surface area (TPSA) is 95.4 Å². The first-order chi connectivity index (χ1) is 16.0. The maximum Gasteiger partial charge on any atom is 0.238 e. The molecule has 1 aliphatic rings. The van der Waals surface area contributed by atoms with Crippen LogP contribution in [-0.2, 0) is 10.3 Å². The Bertz CT molecular complexity index is 1280. The summed E-state index contributed by atoms with van der Waals surface area (Å²) < 4.78 is 28.8. The highest BCUT2D eigenvalue weighted by Crippen LogP contribution is 2.51. The quantitative estimate of drug-likeness (QED) is 0.677. The van der Waals surface area contributed by atoms with Gasteiger partial charge in [-0.25, -0.2) is 18.8 Å². The molecule has 6 nitrogen and oxygen atoms in total. The van der Waals surface area contributed by atoms with Crippen molar-refractivity contribution in [3.05, 3.63) is 64.2 Å². The molecule has 1 aliphatic heterocycles. The number of hydrogen-bond donors (Lipinski definition) is 1. The zero-order valence-corrected chi connectivity index (χ0v) is 20.4. The molecule has 1 aromatic heterocycles. The second-order valence-corrected chi connectivity index (χ2v) is 10.1. The number of rotatable bonds is 3. The van der Waals surface area contributed by atoms with E-state index in [1.54, 1.807) is 40.9 Å². The molecule has 2 aromatic rings. The van der Waals surface area contributed by atoms with Crippen molar-refractivity contribution in [3.63, 3.8) is 0 Å². The third kappa shape index (κ3) is 4.36. The first-order valence-corrected chi connectivity index (χ1v) is 11.3. The fourth-order valence-electron chi connectivity index (χ4n) is 4.09. The number of amides is 1. The number of nitrogens with zero attached hydrogens (tertiary/aromatic N) is 4. The minimum Gasteiger partial charge on any atom is -0.378 e. The van der Waals surface area contributed by atoms with E-state index in [1.165, 1.54) is 29.3 Å². The van der Waals surface area contributed by atoms with Gasteiger partial charge < -0.3 is 10.6 Å². The summed E-state index contributed by atoms with van der Waals surface area (Å²) in [5.41, 5.74) is 6.39. The number of carbonyl (C=O) groups is 1. The molecule has 0 radical (unpaired) electrons. The molecule has 0 saturated heterocycles. The molecule has 34 heavy (non-hydrogen) atoms. The highest BCUT2D eigenvalue weighted by Gasteiger charge is 2.56. The number of amidine groups is 1. The SMILES string of the molecule is Cc1cc(C#N)cnc1C#Cc1ccc(F)c([C@@]2(CF)N=C(N)S[C@](C)(C(=O)N(C)C)[C@H]2C)c1. The van der Waals surface area contributed by atoms with Crippen molar-refractivity contribution in [2.24, 2.45) is 16.6 Å². The van der Waals surface area contributed by atoms with Gasteiger partial charge in [-0.1, -0.05) is 24.6 Å². The van der Waals surface area contributed by atoms with Gasteiger partial charge in [0, 0.05) is 37.3 Å². The van der Waals surface area contributed by atoms with Gasteiger partial charge in [-0.15, -0.1) is 0 Å². The Kier molecular flexibility index (Phi) is 6.99. The number of pyridine rings is 1. The zero-order chi connectivity index (χ0) is 25.3. The average Bonchev–Trinajstić information content (AvgIpc) is 2.80. The number of carbonyl (C=O) groups excluding carboxylic acids is 1. The van der Waals surface area contributed by atoms with Crippen LogP contribution in [0.15, 0.2) is 35.5 Å². The van der Waals surface area contributed by atoms with Crippen LogP contribution in [0.5, 0.6) is 0 Å².